The Kier molecular flexibility index (Phi) is 5.15. The van der Waals surface area contributed by atoms with Gasteiger partial charge < -0.3 is 10.4 Å². The van der Waals surface area contributed by atoms with E-state index >= 15 is 0 Å². The molecule has 4 rings (SSSR count). The van der Waals surface area contributed by atoms with Crippen LogP contribution in [-0.2, 0) is 36.7 Å². The summed E-state index contributed by atoms with van der Waals surface area (Å²) in [5.74, 6) is -0.498. The zero-order chi connectivity index (χ0) is 19.1. The van der Waals surface area contributed by atoms with Crippen LogP contribution < -0.4 is 15.8 Å². The molecule has 2 unspecified atom stereocenters. The highest BCUT2D eigenvalue weighted by atomic mass is 32.2. The molecule has 0 fully saturated rings. The van der Waals surface area contributed by atoms with Crippen LogP contribution in [0.25, 0.3) is 0 Å². The molecule has 3 heterocycles. The molecule has 2 aliphatic rings. The molecule has 0 saturated heterocycles. The van der Waals surface area contributed by atoms with E-state index in [4.69, 9.17) is 10.1 Å². The summed E-state index contributed by atoms with van der Waals surface area (Å²) in [5, 5.41) is 25.0. The number of aryl methyl sites for hydroxylation is 2. The van der Waals surface area contributed by atoms with Gasteiger partial charge >= 0.3 is 0 Å². The normalized spacial score (nSPS) is 18.6. The van der Waals surface area contributed by atoms with Crippen LogP contribution in [-0.4, -0.2) is 35.0 Å². The Labute approximate surface area is 162 Å². The first-order valence-corrected chi connectivity index (χ1v) is 12.7. The van der Waals surface area contributed by atoms with Crippen LogP contribution >= 0.6 is 0 Å². The number of rotatable bonds is 5. The molecule has 0 bridgehead atoms. The Bertz CT molecular complexity index is 917. The maximum Gasteiger partial charge on any atom is 0.230 e. The zero-order valence-electron chi connectivity index (χ0n) is 15.5. The molecule has 27 heavy (non-hydrogen) atoms. The fourth-order valence-electron chi connectivity index (χ4n) is 3.82. The number of hydrogen-bond donors (Lipinski definition) is 3. The van der Waals surface area contributed by atoms with Crippen molar-refractivity contribution in [1.29, 1.82) is 0 Å². The van der Waals surface area contributed by atoms with Crippen LogP contribution in [0.4, 0.5) is 10.1 Å². The number of hydrogen-bond acceptors (Lipinski definition) is 5. The molecule has 4 N–H and O–H groups in total. The topological polar surface area (TPSA) is 101 Å². The molecule has 7 nitrogen and oxygen atoms in total. The molecule has 2 atom stereocenters. The fraction of sp³-hybridized carbons (Fsp3) is 0.529. The highest BCUT2D eigenvalue weighted by Crippen LogP contribution is 2.33. The lowest BCUT2D eigenvalue weighted by molar-refractivity contribution is 0.216. The van der Waals surface area contributed by atoms with Crippen molar-refractivity contribution in [3.63, 3.8) is 0 Å². The van der Waals surface area contributed by atoms with Crippen molar-refractivity contribution in [3.8, 4) is 0 Å². The summed E-state index contributed by atoms with van der Waals surface area (Å²) in [6, 6.07) is 1.17. The zero-order valence-corrected chi connectivity index (χ0v) is 17.3. The number of fused-ring (bicyclic) bond motifs is 2. The third-order valence-electron chi connectivity index (χ3n) is 5.17. The predicted octanol–water partition coefficient (Wildman–Crippen LogP) is 1.24. The molecule has 0 aromatic carbocycles. The summed E-state index contributed by atoms with van der Waals surface area (Å²) < 4.78 is 19.6. The van der Waals surface area contributed by atoms with E-state index in [1.165, 1.54) is 33.4 Å². The molecule has 1 aliphatic heterocycles. The van der Waals surface area contributed by atoms with E-state index in [-0.39, 0.29) is 5.03 Å². The Morgan fingerprint density at radius 3 is 3.00 bits per heavy atom. The van der Waals surface area contributed by atoms with Crippen molar-refractivity contribution in [2.24, 2.45) is 9.50 Å². The van der Waals surface area contributed by atoms with Gasteiger partial charge in [0.1, 0.15) is 8.80 Å². The first-order valence-electron chi connectivity index (χ1n) is 9.22. The van der Waals surface area contributed by atoms with Gasteiger partial charge in [-0.05, 0) is 49.8 Å². The predicted molar refractivity (Wildman–Crippen MR) is 106 cm³/mol. The molecule has 2 aromatic heterocycles. The maximum atomic E-state index is 14.0. The van der Waals surface area contributed by atoms with Crippen molar-refractivity contribution in [2.75, 3.05) is 5.32 Å². The van der Waals surface area contributed by atoms with Crippen LogP contribution in [0.2, 0.25) is 12.6 Å². The van der Waals surface area contributed by atoms with Gasteiger partial charge in [-0.1, -0.05) is 6.55 Å². The Balaban J connectivity index is 1.63. The van der Waals surface area contributed by atoms with Gasteiger partial charge in [-0.15, -0.1) is 0 Å². The lowest BCUT2D eigenvalue weighted by Gasteiger charge is -2.19. The van der Waals surface area contributed by atoms with Crippen molar-refractivity contribution >= 4 is 30.7 Å². The molecular weight excluding hydrogens is 383 g/mol. The largest absolute Gasteiger partial charge is 0.355 e. The Hall–Kier alpha value is -1.62. The second-order valence-corrected chi connectivity index (χ2v) is 10.7. The van der Waals surface area contributed by atoms with E-state index in [2.05, 4.69) is 21.3 Å². The van der Waals surface area contributed by atoms with Gasteiger partial charge in [0.05, 0.1) is 6.20 Å². The van der Waals surface area contributed by atoms with Crippen molar-refractivity contribution in [2.45, 2.75) is 63.1 Å². The molecule has 1 radical (unpaired) electrons. The van der Waals surface area contributed by atoms with E-state index in [0.717, 1.165) is 37.1 Å². The van der Waals surface area contributed by atoms with Crippen LogP contribution in [0.3, 0.4) is 0 Å². The summed E-state index contributed by atoms with van der Waals surface area (Å²) in [6.45, 7) is 4.71. The highest BCUT2D eigenvalue weighted by Gasteiger charge is 2.30. The number of aromatic nitrogens is 3. The fourth-order valence-corrected chi connectivity index (χ4v) is 6.58. The molecule has 10 heteroatoms. The number of aliphatic hydroxyl groups excluding tert-OH is 1. The smallest absolute Gasteiger partial charge is 0.230 e. The number of anilines is 1. The second-order valence-electron chi connectivity index (χ2n) is 6.95. The summed E-state index contributed by atoms with van der Waals surface area (Å²) in [7, 11) is -1.95. The second kappa shape index (κ2) is 7.42. The molecule has 0 spiro atoms. The Morgan fingerprint density at radius 2 is 2.26 bits per heavy atom. The molecular formula is C17H24FN6OSSi. The van der Waals surface area contributed by atoms with Gasteiger partial charge in [0.2, 0.25) is 6.35 Å². The molecule has 2 aromatic rings. The van der Waals surface area contributed by atoms with E-state index in [9.17, 15) is 9.50 Å². The van der Waals surface area contributed by atoms with Gasteiger partial charge in [-0.25, -0.2) is 4.39 Å². The highest BCUT2D eigenvalue weighted by molar-refractivity contribution is 7.85. The number of halogens is 1. The number of aliphatic hydroxyl groups is 1. The van der Waals surface area contributed by atoms with Gasteiger partial charge in [-0.2, -0.15) is 9.46 Å². The quantitative estimate of drug-likeness (QED) is 0.511. The number of nitrogens with zero attached hydrogens (tertiary/aromatic N) is 4. The van der Waals surface area contributed by atoms with Crippen LogP contribution in [0, 0.1) is 5.82 Å². The van der Waals surface area contributed by atoms with Crippen molar-refractivity contribution in [1.82, 2.24) is 14.8 Å². The molecule has 0 amide bonds. The number of nitrogens with one attached hydrogen (secondary N) is 1. The average molecular weight is 408 g/mol. The van der Waals surface area contributed by atoms with Crippen LogP contribution in [0.1, 0.15) is 30.2 Å². The van der Waals surface area contributed by atoms with E-state index < -0.39 is 31.8 Å². The third kappa shape index (κ3) is 3.46. The summed E-state index contributed by atoms with van der Waals surface area (Å²) in [5.41, 5.74) is 4.54. The maximum absolute atomic E-state index is 14.0. The van der Waals surface area contributed by atoms with Crippen molar-refractivity contribution in [3.05, 3.63) is 28.8 Å². The number of nitrogens with two attached hydrogens (primary N) is 1. The van der Waals surface area contributed by atoms with Gasteiger partial charge in [0.25, 0.3) is 0 Å². The van der Waals surface area contributed by atoms with Gasteiger partial charge in [0, 0.05) is 34.1 Å². The lowest BCUT2D eigenvalue weighted by Crippen LogP contribution is -2.29. The van der Waals surface area contributed by atoms with Crippen LogP contribution in [0.5, 0.6) is 0 Å². The molecule has 1 aliphatic carbocycles. The minimum Gasteiger partial charge on any atom is -0.355 e. The molecule has 145 valence electrons. The lowest BCUT2D eigenvalue weighted by atomic mass is 10.1. The first kappa shape index (κ1) is 18.7. The summed E-state index contributed by atoms with van der Waals surface area (Å²) in [6.07, 6.45) is 4.10. The van der Waals surface area contributed by atoms with Gasteiger partial charge in [-0.3, -0.25) is 14.8 Å². The van der Waals surface area contributed by atoms with Crippen LogP contribution in [0.15, 0.2) is 15.6 Å². The SMILES string of the molecule is CCn1cc(F)c(/S(N)=N\C(O)Nc2c3c(nc4c2CC[Si]4C)CCC3)n1. The molecule has 0 saturated carbocycles. The summed E-state index contributed by atoms with van der Waals surface area (Å²) in [4.78, 5) is 4.92. The van der Waals surface area contributed by atoms with E-state index in [1.54, 1.807) is 0 Å². The minimum atomic E-state index is -1.34. The summed E-state index contributed by atoms with van der Waals surface area (Å²) >= 11 is 0. The van der Waals surface area contributed by atoms with Gasteiger partial charge in [0.15, 0.2) is 10.8 Å². The average Bonchev–Trinajstić information content (AvgIpc) is 3.34. The minimum absolute atomic E-state index is 0.0712. The third-order valence-corrected chi connectivity index (χ3v) is 8.50. The number of pyridine rings is 1. The standard InChI is InChI=1S/C17H24FN6OSSi/c1-3-24-9-12(18)15(22-24)26(19)23-17(25)21-14-10-5-4-6-13(10)20-16-11(14)7-8-27(16)2/h9,17,25H,3-8H2,1-2H3,(H2,19,23)(H,20,21). The Morgan fingerprint density at radius 1 is 1.44 bits per heavy atom. The van der Waals surface area contributed by atoms with Crippen molar-refractivity contribution < 1.29 is 9.50 Å². The van der Waals surface area contributed by atoms with E-state index in [1.807, 2.05) is 6.92 Å². The van der Waals surface area contributed by atoms with E-state index in [0.29, 0.717) is 6.54 Å². The first-order chi connectivity index (χ1) is 13.0. The monoisotopic (exact) mass is 407 g/mol.